The molecule has 4 nitrogen and oxygen atoms in total. The highest BCUT2D eigenvalue weighted by Gasteiger charge is 2.54. The third kappa shape index (κ3) is 7.47. The van der Waals surface area contributed by atoms with Gasteiger partial charge in [0.25, 0.3) is 0 Å². The van der Waals surface area contributed by atoms with Gasteiger partial charge in [0.15, 0.2) is 11.6 Å². The van der Waals surface area contributed by atoms with Crippen molar-refractivity contribution < 1.29 is 0 Å². The average molecular weight is 777 g/mol. The fourth-order valence-electron chi connectivity index (χ4n) is 10.4. The Morgan fingerprint density at radius 2 is 0.534 bits per heavy atom. The third-order valence-electron chi connectivity index (χ3n) is 13.8. The molecule has 4 aromatic rings. The van der Waals surface area contributed by atoms with Crippen LogP contribution in [0.2, 0.25) is 0 Å². The van der Waals surface area contributed by atoms with Gasteiger partial charge in [-0.2, -0.15) is 0 Å². The van der Waals surface area contributed by atoms with E-state index in [2.05, 4.69) is 200 Å². The highest BCUT2D eigenvalue weighted by Crippen LogP contribution is 2.52. The molecule has 308 valence electrons. The minimum atomic E-state index is 0.0386. The molecule has 2 aliphatic carbocycles. The van der Waals surface area contributed by atoms with E-state index in [4.69, 9.17) is 0 Å². The van der Waals surface area contributed by atoms with Gasteiger partial charge in [-0.15, -0.1) is 0 Å². The molecule has 4 fully saturated rings. The number of nitrogens with zero attached hydrogens (tertiary/aromatic N) is 4. The first-order valence-corrected chi connectivity index (χ1v) is 22.7. The van der Waals surface area contributed by atoms with Gasteiger partial charge < -0.3 is 19.6 Å². The maximum absolute atomic E-state index is 2.84. The second-order valence-corrected chi connectivity index (χ2v) is 22.2. The van der Waals surface area contributed by atoms with Crippen LogP contribution in [-0.4, -0.2) is 24.2 Å². The monoisotopic (exact) mass is 777 g/mol. The molecule has 2 aliphatic heterocycles. The Labute approximate surface area is 352 Å². The van der Waals surface area contributed by atoms with Gasteiger partial charge in [0.2, 0.25) is 0 Å². The van der Waals surface area contributed by atoms with Crippen molar-refractivity contribution in [1.82, 2.24) is 0 Å². The van der Waals surface area contributed by atoms with E-state index >= 15 is 0 Å². The van der Waals surface area contributed by atoms with E-state index in [0.717, 1.165) is 0 Å². The first-order valence-electron chi connectivity index (χ1n) is 22.7. The number of hydrogen-bond donors (Lipinski definition) is 0. The van der Waals surface area contributed by atoms with Crippen molar-refractivity contribution in [1.29, 1.82) is 0 Å². The summed E-state index contributed by atoms with van der Waals surface area (Å²) < 4.78 is 0. The normalized spacial score (nSPS) is 23.1. The van der Waals surface area contributed by atoms with Crippen molar-refractivity contribution >= 4 is 22.7 Å². The molecule has 0 radical (unpaired) electrons. The van der Waals surface area contributed by atoms with Gasteiger partial charge in [-0.1, -0.05) is 157 Å². The summed E-state index contributed by atoms with van der Waals surface area (Å²) in [7, 11) is 0. The molecular weight excluding hydrogens is 705 g/mol. The van der Waals surface area contributed by atoms with Crippen LogP contribution in [0.5, 0.6) is 0 Å². The lowest BCUT2D eigenvalue weighted by molar-refractivity contribution is 0.409. The van der Waals surface area contributed by atoms with Gasteiger partial charge in [0, 0.05) is 22.7 Å². The fourth-order valence-corrected chi connectivity index (χ4v) is 10.4. The van der Waals surface area contributed by atoms with Crippen LogP contribution < -0.4 is 19.6 Å². The van der Waals surface area contributed by atoms with Crippen molar-refractivity contribution in [2.75, 3.05) is 19.6 Å². The van der Waals surface area contributed by atoms with Crippen LogP contribution in [0.4, 0.5) is 22.7 Å². The zero-order valence-corrected chi connectivity index (χ0v) is 38.0. The van der Waals surface area contributed by atoms with Crippen LogP contribution in [0.1, 0.15) is 157 Å². The van der Waals surface area contributed by atoms with E-state index in [-0.39, 0.29) is 21.7 Å². The lowest BCUT2D eigenvalue weighted by atomic mass is 9.86. The molecule has 8 rings (SSSR count). The van der Waals surface area contributed by atoms with E-state index in [0.29, 0.717) is 24.2 Å². The second-order valence-electron chi connectivity index (χ2n) is 22.2. The molecule has 4 aromatic carbocycles. The highest BCUT2D eigenvalue weighted by atomic mass is 15.5. The van der Waals surface area contributed by atoms with Crippen LogP contribution in [0.15, 0.2) is 109 Å². The molecule has 0 N–H and O–H groups in total. The van der Waals surface area contributed by atoms with Gasteiger partial charge in [-0.25, -0.2) is 0 Å². The van der Waals surface area contributed by atoms with Gasteiger partial charge in [0.05, 0.1) is 24.2 Å². The largest absolute Gasteiger partial charge is 0.320 e. The summed E-state index contributed by atoms with van der Waals surface area (Å²) in [5.41, 5.74) is 11.0. The van der Waals surface area contributed by atoms with Crippen molar-refractivity contribution in [2.24, 2.45) is 0 Å². The van der Waals surface area contributed by atoms with Crippen molar-refractivity contribution in [3.63, 3.8) is 0 Å². The number of rotatable bonds is 4. The van der Waals surface area contributed by atoms with E-state index < -0.39 is 0 Å². The van der Waals surface area contributed by atoms with Gasteiger partial charge >= 0.3 is 0 Å². The second kappa shape index (κ2) is 14.8. The number of anilines is 4. The Balaban J connectivity index is 1.51. The number of benzene rings is 4. The molecule has 4 atom stereocenters. The standard InChI is InChI=1S/C54H72N4/c1-51(2,3)37-21-17-25-41(33-37)55-45-29-13-14-30-46(45)56(42-26-18-22-38(34-42)52(4,5)6)49(55)50-57(43-27-19-23-39(35-43)53(7,8)9)47-31-15-16-32-48(47)58(50)44-28-20-24-40(36-44)54(10,11)12/h17-28,33-36,45-48H,13-16,29-32H2,1-12H3. The summed E-state index contributed by atoms with van der Waals surface area (Å²) in [6.07, 6.45) is 9.77. The van der Waals surface area contributed by atoms with Crippen LogP contribution in [0.3, 0.4) is 0 Å². The molecule has 0 aromatic heterocycles. The predicted octanol–water partition coefficient (Wildman–Crippen LogP) is 14.0. The minimum Gasteiger partial charge on any atom is -0.320 e. The minimum absolute atomic E-state index is 0.0386. The third-order valence-corrected chi connectivity index (χ3v) is 13.8. The zero-order valence-electron chi connectivity index (χ0n) is 38.0. The maximum atomic E-state index is 2.84. The lowest BCUT2D eigenvalue weighted by Crippen LogP contribution is -2.40. The Bertz CT molecular complexity index is 1840. The van der Waals surface area contributed by atoms with Crippen molar-refractivity contribution in [3.8, 4) is 0 Å². The smallest absolute Gasteiger partial charge is 0.156 e. The van der Waals surface area contributed by atoms with E-state index in [9.17, 15) is 0 Å². The molecule has 4 aliphatic rings. The molecule has 2 saturated heterocycles. The molecular formula is C54H72N4. The highest BCUT2D eigenvalue weighted by molar-refractivity contribution is 5.77. The lowest BCUT2D eigenvalue weighted by Gasteiger charge is -2.37. The van der Waals surface area contributed by atoms with Gasteiger partial charge in [0.1, 0.15) is 0 Å². The summed E-state index contributed by atoms with van der Waals surface area (Å²) in [5, 5.41) is 0. The summed E-state index contributed by atoms with van der Waals surface area (Å²) in [4.78, 5) is 11.4. The summed E-state index contributed by atoms with van der Waals surface area (Å²) in [5.74, 6) is 2.71. The quantitative estimate of drug-likeness (QED) is 0.205. The van der Waals surface area contributed by atoms with Crippen molar-refractivity contribution in [2.45, 2.75) is 180 Å². The summed E-state index contributed by atoms with van der Waals surface area (Å²) >= 11 is 0. The first-order chi connectivity index (χ1) is 27.3. The number of fused-ring (bicyclic) bond motifs is 2. The molecule has 0 amide bonds. The average Bonchev–Trinajstić information content (AvgIpc) is 3.70. The van der Waals surface area contributed by atoms with E-state index in [1.165, 1.54) is 108 Å². The van der Waals surface area contributed by atoms with Crippen LogP contribution in [-0.2, 0) is 21.7 Å². The first kappa shape index (κ1) is 40.6. The van der Waals surface area contributed by atoms with Crippen LogP contribution in [0, 0.1) is 0 Å². The Kier molecular flexibility index (Phi) is 10.4. The molecule has 4 unspecified atom stereocenters. The van der Waals surface area contributed by atoms with Crippen LogP contribution in [0.25, 0.3) is 0 Å². The van der Waals surface area contributed by atoms with Crippen LogP contribution >= 0.6 is 0 Å². The maximum Gasteiger partial charge on any atom is 0.156 e. The van der Waals surface area contributed by atoms with Gasteiger partial charge in [-0.05, 0) is 118 Å². The predicted molar refractivity (Wildman–Crippen MR) is 250 cm³/mol. The van der Waals surface area contributed by atoms with Crippen molar-refractivity contribution in [3.05, 3.63) is 131 Å². The van der Waals surface area contributed by atoms with E-state index in [1.807, 2.05) is 0 Å². The molecule has 0 spiro atoms. The zero-order chi connectivity index (χ0) is 41.4. The van der Waals surface area contributed by atoms with Gasteiger partial charge in [-0.3, -0.25) is 0 Å². The Morgan fingerprint density at radius 3 is 0.724 bits per heavy atom. The summed E-state index contributed by atoms with van der Waals surface area (Å²) in [6, 6.07) is 39.8. The SMILES string of the molecule is CC(C)(C)c1cccc(N2C(=C3N(c4cccc(C(C)(C)C)c4)C4CCCCC4N3c3cccc(C(C)(C)C)c3)N(c3cccc(C(C)(C)C)c3)C3CCCCC32)c1. The molecule has 58 heavy (non-hydrogen) atoms. The molecule has 4 heteroatoms. The molecule has 0 bridgehead atoms. The topological polar surface area (TPSA) is 13.0 Å². The Hall–Kier alpha value is -4.18. The molecule has 2 saturated carbocycles. The molecule has 2 heterocycles. The Morgan fingerprint density at radius 1 is 0.328 bits per heavy atom. The number of hydrogen-bond acceptors (Lipinski definition) is 4. The van der Waals surface area contributed by atoms with E-state index in [1.54, 1.807) is 0 Å². The summed E-state index contributed by atoms with van der Waals surface area (Å²) in [6.45, 7) is 28.3. The fraction of sp³-hybridized carbons (Fsp3) is 0.519.